The molecule has 0 unspecified atom stereocenters. The van der Waals surface area contributed by atoms with Gasteiger partial charge in [0.2, 0.25) is 0 Å². The van der Waals surface area contributed by atoms with E-state index in [1.54, 1.807) is 0 Å². The third kappa shape index (κ3) is 4.37. The molecule has 10 rings (SSSR count). The maximum atomic E-state index is 6.85. The number of hydrogen-bond acceptors (Lipinski definition) is 2. The van der Waals surface area contributed by atoms with Crippen LogP contribution >= 0.6 is 0 Å². The summed E-state index contributed by atoms with van der Waals surface area (Å²) in [7, 11) is 0. The molecule has 0 aliphatic rings. The van der Waals surface area contributed by atoms with Crippen LogP contribution in [-0.2, 0) is 0 Å². The first kappa shape index (κ1) is 27.5. The first-order valence-corrected chi connectivity index (χ1v) is 16.7. The van der Waals surface area contributed by atoms with Crippen LogP contribution in [0.15, 0.2) is 186 Å². The molecule has 0 atom stereocenters. The summed E-state index contributed by atoms with van der Waals surface area (Å²) in [6.07, 6.45) is 0. The molecule has 3 nitrogen and oxygen atoms in total. The van der Waals surface area contributed by atoms with Crippen LogP contribution in [0.1, 0.15) is 0 Å². The van der Waals surface area contributed by atoms with Gasteiger partial charge in [0.15, 0.2) is 5.58 Å². The van der Waals surface area contributed by atoms with Crippen molar-refractivity contribution >= 4 is 71.6 Å². The second-order valence-corrected chi connectivity index (χ2v) is 12.6. The van der Waals surface area contributed by atoms with Crippen LogP contribution in [-0.4, -0.2) is 4.57 Å². The average Bonchev–Trinajstić information content (AvgIpc) is 3.73. The summed E-state index contributed by atoms with van der Waals surface area (Å²) in [6, 6.07) is 64.8. The molecular formula is C46H30N2O. The smallest absolute Gasteiger partial charge is 0.159 e. The molecule has 0 spiro atoms. The predicted octanol–water partition coefficient (Wildman–Crippen LogP) is 13.0. The van der Waals surface area contributed by atoms with E-state index in [1.165, 1.54) is 38.3 Å². The van der Waals surface area contributed by atoms with E-state index in [0.29, 0.717) is 0 Å². The Bertz CT molecular complexity index is 2750. The van der Waals surface area contributed by atoms with Crippen LogP contribution in [0.25, 0.3) is 71.3 Å². The fraction of sp³-hybridized carbons (Fsp3) is 0. The molecule has 10 aromatic rings. The summed E-state index contributed by atoms with van der Waals surface area (Å²) >= 11 is 0. The van der Waals surface area contributed by atoms with Gasteiger partial charge in [-0.3, -0.25) is 0 Å². The van der Waals surface area contributed by atoms with Crippen molar-refractivity contribution in [3.05, 3.63) is 182 Å². The van der Waals surface area contributed by atoms with Gasteiger partial charge in [0.1, 0.15) is 5.58 Å². The van der Waals surface area contributed by atoms with Gasteiger partial charge >= 0.3 is 0 Å². The molecule has 0 saturated heterocycles. The maximum absolute atomic E-state index is 6.85. The lowest BCUT2D eigenvalue weighted by molar-refractivity contribution is 0.673. The maximum Gasteiger partial charge on any atom is 0.159 e. The highest BCUT2D eigenvalue weighted by Crippen LogP contribution is 2.44. The van der Waals surface area contributed by atoms with E-state index in [-0.39, 0.29) is 0 Å². The van der Waals surface area contributed by atoms with E-state index >= 15 is 0 Å². The second-order valence-electron chi connectivity index (χ2n) is 12.6. The molecule has 2 aromatic heterocycles. The summed E-state index contributed by atoms with van der Waals surface area (Å²) in [5, 5.41) is 7.03. The Morgan fingerprint density at radius 1 is 0.367 bits per heavy atom. The fourth-order valence-corrected chi connectivity index (χ4v) is 7.50. The molecule has 0 radical (unpaired) electrons. The number of hydrogen-bond donors (Lipinski definition) is 0. The lowest BCUT2D eigenvalue weighted by Gasteiger charge is -2.26. The van der Waals surface area contributed by atoms with Crippen LogP contribution in [0.2, 0.25) is 0 Å². The van der Waals surface area contributed by atoms with Crippen molar-refractivity contribution in [1.29, 1.82) is 0 Å². The molecule has 8 aromatic carbocycles. The van der Waals surface area contributed by atoms with Gasteiger partial charge < -0.3 is 13.9 Å². The number of nitrogens with zero attached hydrogens (tertiary/aromatic N) is 2. The molecule has 0 aliphatic carbocycles. The van der Waals surface area contributed by atoms with Crippen molar-refractivity contribution in [3.8, 4) is 16.8 Å². The van der Waals surface area contributed by atoms with Crippen molar-refractivity contribution in [2.24, 2.45) is 0 Å². The normalized spacial score (nSPS) is 11.7. The average molecular weight is 627 g/mol. The highest BCUT2D eigenvalue weighted by atomic mass is 16.3. The number of aromatic nitrogens is 1. The number of furan rings is 1. The Morgan fingerprint density at radius 2 is 0.918 bits per heavy atom. The standard InChI is InChI=1S/C46H30N2O/c1-2-11-31(12-3-1)32-21-24-34(25-22-32)47(44-20-10-17-40-41-30-23-33-13-4-5-14-37(33)45(41)49-46(40)44)35-26-28-36(29-27-35)48-42-18-8-6-15-38(42)39-16-7-9-19-43(39)48/h1-30H. The predicted molar refractivity (Wildman–Crippen MR) is 206 cm³/mol. The first-order chi connectivity index (χ1) is 24.3. The van der Waals surface area contributed by atoms with Gasteiger partial charge in [0.05, 0.1) is 16.7 Å². The lowest BCUT2D eigenvalue weighted by atomic mass is 10.0. The Labute approximate surface area is 283 Å². The number of fused-ring (bicyclic) bond motifs is 8. The summed E-state index contributed by atoms with van der Waals surface area (Å²) in [4.78, 5) is 2.32. The number of para-hydroxylation sites is 3. The molecule has 3 heteroatoms. The zero-order valence-corrected chi connectivity index (χ0v) is 26.6. The van der Waals surface area contributed by atoms with E-state index in [9.17, 15) is 0 Å². The van der Waals surface area contributed by atoms with Crippen molar-refractivity contribution in [3.63, 3.8) is 0 Å². The van der Waals surface area contributed by atoms with E-state index in [1.807, 2.05) is 0 Å². The molecule has 49 heavy (non-hydrogen) atoms. The molecule has 0 N–H and O–H groups in total. The van der Waals surface area contributed by atoms with Crippen LogP contribution in [0.3, 0.4) is 0 Å². The summed E-state index contributed by atoms with van der Waals surface area (Å²) in [6.45, 7) is 0. The second kappa shape index (κ2) is 11.0. The Kier molecular flexibility index (Phi) is 6.18. The topological polar surface area (TPSA) is 21.3 Å². The largest absolute Gasteiger partial charge is 0.453 e. The van der Waals surface area contributed by atoms with E-state index in [0.717, 1.165) is 50.1 Å². The van der Waals surface area contributed by atoms with Crippen LogP contribution in [0.4, 0.5) is 17.1 Å². The van der Waals surface area contributed by atoms with Gasteiger partial charge in [-0.15, -0.1) is 0 Å². The number of rotatable bonds is 5. The molecule has 0 fully saturated rings. The lowest BCUT2D eigenvalue weighted by Crippen LogP contribution is -2.10. The minimum absolute atomic E-state index is 0.868. The van der Waals surface area contributed by atoms with Crippen LogP contribution in [0, 0.1) is 0 Å². The van der Waals surface area contributed by atoms with Crippen molar-refractivity contribution in [1.82, 2.24) is 4.57 Å². The minimum Gasteiger partial charge on any atom is -0.453 e. The van der Waals surface area contributed by atoms with E-state index < -0.39 is 0 Å². The van der Waals surface area contributed by atoms with Crippen LogP contribution < -0.4 is 4.90 Å². The zero-order chi connectivity index (χ0) is 32.3. The number of benzene rings is 8. The molecule has 0 aliphatic heterocycles. The van der Waals surface area contributed by atoms with Gasteiger partial charge in [-0.05, 0) is 77.2 Å². The first-order valence-electron chi connectivity index (χ1n) is 16.7. The SMILES string of the molecule is c1ccc(-c2ccc(N(c3ccc(-n4c5ccccc5c5ccccc54)cc3)c3cccc4c3oc3c5ccccc5ccc43)cc2)cc1. The molecule has 0 bridgehead atoms. The molecule has 2 heterocycles. The summed E-state index contributed by atoms with van der Waals surface area (Å²) in [5.41, 5.74) is 10.8. The monoisotopic (exact) mass is 626 g/mol. The van der Waals surface area contributed by atoms with Gasteiger partial charge in [0.25, 0.3) is 0 Å². The Balaban J connectivity index is 1.17. The summed E-state index contributed by atoms with van der Waals surface area (Å²) < 4.78 is 9.21. The third-order valence-electron chi connectivity index (χ3n) is 9.79. The van der Waals surface area contributed by atoms with E-state index in [4.69, 9.17) is 4.42 Å². The molecule has 230 valence electrons. The zero-order valence-electron chi connectivity index (χ0n) is 26.6. The van der Waals surface area contributed by atoms with Gasteiger partial charge in [0, 0.05) is 44.0 Å². The quantitative estimate of drug-likeness (QED) is 0.190. The molecule has 0 saturated carbocycles. The number of anilines is 3. The highest BCUT2D eigenvalue weighted by Gasteiger charge is 2.21. The molecular weight excluding hydrogens is 597 g/mol. The van der Waals surface area contributed by atoms with Gasteiger partial charge in [-0.25, -0.2) is 0 Å². The third-order valence-corrected chi connectivity index (χ3v) is 9.79. The fourth-order valence-electron chi connectivity index (χ4n) is 7.50. The highest BCUT2D eigenvalue weighted by molar-refractivity contribution is 6.17. The van der Waals surface area contributed by atoms with Gasteiger partial charge in [-0.1, -0.05) is 121 Å². The Morgan fingerprint density at radius 3 is 1.63 bits per heavy atom. The summed E-state index contributed by atoms with van der Waals surface area (Å²) in [5.74, 6) is 0. The minimum atomic E-state index is 0.868. The Hall–Kier alpha value is -6.58. The van der Waals surface area contributed by atoms with Crippen molar-refractivity contribution < 1.29 is 4.42 Å². The van der Waals surface area contributed by atoms with Gasteiger partial charge in [-0.2, -0.15) is 0 Å². The van der Waals surface area contributed by atoms with Crippen molar-refractivity contribution in [2.45, 2.75) is 0 Å². The van der Waals surface area contributed by atoms with E-state index in [2.05, 4.69) is 191 Å². The van der Waals surface area contributed by atoms with Crippen LogP contribution in [0.5, 0.6) is 0 Å². The molecule has 0 amide bonds. The van der Waals surface area contributed by atoms with Crippen molar-refractivity contribution in [2.75, 3.05) is 4.90 Å².